The molecular formula is C18H21N3O3. The molecule has 126 valence electrons. The molecule has 0 saturated carbocycles. The van der Waals surface area contributed by atoms with E-state index in [9.17, 15) is 9.59 Å². The van der Waals surface area contributed by atoms with Crippen molar-refractivity contribution < 1.29 is 9.53 Å². The number of aromatic amines is 1. The van der Waals surface area contributed by atoms with Crippen LogP contribution in [-0.2, 0) is 6.42 Å². The lowest BCUT2D eigenvalue weighted by molar-refractivity contribution is 0.0932. The van der Waals surface area contributed by atoms with Crippen LogP contribution < -0.4 is 15.6 Å². The molecule has 0 spiro atoms. The Balaban J connectivity index is 1.73. The quantitative estimate of drug-likeness (QED) is 0.903. The molecule has 6 nitrogen and oxygen atoms in total. The van der Waals surface area contributed by atoms with Gasteiger partial charge in [-0.2, -0.15) is 0 Å². The summed E-state index contributed by atoms with van der Waals surface area (Å²) in [6, 6.07) is 6.61. The number of pyridine rings is 2. The van der Waals surface area contributed by atoms with Gasteiger partial charge in [-0.25, -0.2) is 4.98 Å². The fraction of sp³-hybridized carbons (Fsp3) is 0.389. The number of carbonyl (C=O) groups excluding carboxylic acids is 1. The summed E-state index contributed by atoms with van der Waals surface area (Å²) < 4.78 is 5.48. The zero-order valence-electron chi connectivity index (χ0n) is 13.8. The van der Waals surface area contributed by atoms with Crippen LogP contribution in [-0.4, -0.2) is 22.0 Å². The zero-order valence-corrected chi connectivity index (χ0v) is 13.8. The van der Waals surface area contributed by atoms with Gasteiger partial charge in [0.2, 0.25) is 11.4 Å². The Kier molecular flexibility index (Phi) is 4.64. The van der Waals surface area contributed by atoms with Crippen LogP contribution in [0.4, 0.5) is 0 Å². The lowest BCUT2D eigenvalue weighted by atomic mass is 9.91. The lowest BCUT2D eigenvalue weighted by Crippen LogP contribution is -2.32. The van der Waals surface area contributed by atoms with Crippen molar-refractivity contribution in [2.45, 2.75) is 45.3 Å². The number of hydrogen-bond acceptors (Lipinski definition) is 4. The lowest BCUT2D eigenvalue weighted by Gasteiger charge is -2.25. The van der Waals surface area contributed by atoms with E-state index >= 15 is 0 Å². The van der Waals surface area contributed by atoms with Crippen molar-refractivity contribution in [3.05, 3.63) is 57.6 Å². The van der Waals surface area contributed by atoms with Gasteiger partial charge in [0.15, 0.2) is 0 Å². The predicted molar refractivity (Wildman–Crippen MR) is 90.2 cm³/mol. The molecule has 2 aromatic heterocycles. The number of ether oxygens (including phenoxy) is 1. The Hall–Kier alpha value is -2.63. The minimum atomic E-state index is -0.178. The number of hydrogen-bond donors (Lipinski definition) is 2. The van der Waals surface area contributed by atoms with Gasteiger partial charge in [0.1, 0.15) is 0 Å². The number of rotatable bonds is 4. The molecule has 0 unspecified atom stereocenters. The van der Waals surface area contributed by atoms with Gasteiger partial charge in [0, 0.05) is 24.0 Å². The smallest absolute Gasteiger partial charge is 0.253 e. The fourth-order valence-corrected chi connectivity index (χ4v) is 2.92. The summed E-state index contributed by atoms with van der Waals surface area (Å²) in [7, 11) is 0. The number of amides is 1. The molecule has 0 radical (unpaired) electrons. The van der Waals surface area contributed by atoms with Crippen LogP contribution in [0.3, 0.4) is 0 Å². The van der Waals surface area contributed by atoms with Crippen LogP contribution in [0.15, 0.2) is 35.3 Å². The molecule has 0 saturated heterocycles. The summed E-state index contributed by atoms with van der Waals surface area (Å²) in [5.74, 6) is 0.324. The van der Waals surface area contributed by atoms with Crippen LogP contribution in [0.1, 0.15) is 54.3 Å². The molecule has 24 heavy (non-hydrogen) atoms. The molecule has 1 aliphatic carbocycles. The summed E-state index contributed by atoms with van der Waals surface area (Å²) in [6.07, 6.45) is 4.17. The maximum absolute atomic E-state index is 12.5. The molecule has 2 heterocycles. The summed E-state index contributed by atoms with van der Waals surface area (Å²) in [5, 5.41) is 3.03. The number of fused-ring (bicyclic) bond motifs is 1. The molecule has 0 aromatic carbocycles. The Morgan fingerprint density at radius 2 is 2.17 bits per heavy atom. The Morgan fingerprint density at radius 3 is 2.88 bits per heavy atom. The third-order valence-corrected chi connectivity index (χ3v) is 3.99. The van der Waals surface area contributed by atoms with E-state index < -0.39 is 0 Å². The van der Waals surface area contributed by atoms with Gasteiger partial charge >= 0.3 is 0 Å². The molecular weight excluding hydrogens is 306 g/mol. The maximum Gasteiger partial charge on any atom is 0.253 e. The van der Waals surface area contributed by atoms with E-state index in [1.54, 1.807) is 18.2 Å². The highest BCUT2D eigenvalue weighted by Crippen LogP contribution is 2.27. The molecule has 0 fully saturated rings. The van der Waals surface area contributed by atoms with Gasteiger partial charge in [-0.15, -0.1) is 0 Å². The van der Waals surface area contributed by atoms with Crippen molar-refractivity contribution in [2.24, 2.45) is 0 Å². The summed E-state index contributed by atoms with van der Waals surface area (Å²) in [4.78, 5) is 30.9. The molecule has 0 bridgehead atoms. The Morgan fingerprint density at radius 1 is 1.33 bits per heavy atom. The van der Waals surface area contributed by atoms with E-state index in [2.05, 4.69) is 15.3 Å². The van der Waals surface area contributed by atoms with E-state index in [-0.39, 0.29) is 23.6 Å². The van der Waals surface area contributed by atoms with Crippen LogP contribution in [0.5, 0.6) is 5.88 Å². The first kappa shape index (κ1) is 16.2. The van der Waals surface area contributed by atoms with E-state index in [1.807, 2.05) is 13.8 Å². The number of H-pyrrole nitrogens is 1. The van der Waals surface area contributed by atoms with Crippen LogP contribution >= 0.6 is 0 Å². The fourth-order valence-electron chi connectivity index (χ4n) is 2.92. The van der Waals surface area contributed by atoms with Gasteiger partial charge < -0.3 is 15.0 Å². The van der Waals surface area contributed by atoms with Crippen molar-refractivity contribution in [2.75, 3.05) is 0 Å². The highest BCUT2D eigenvalue weighted by Gasteiger charge is 2.23. The van der Waals surface area contributed by atoms with Crippen molar-refractivity contribution in [3.63, 3.8) is 0 Å². The molecule has 3 rings (SSSR count). The molecule has 1 amide bonds. The summed E-state index contributed by atoms with van der Waals surface area (Å²) in [5.41, 5.74) is 2.29. The third kappa shape index (κ3) is 3.64. The number of nitrogens with one attached hydrogen (secondary N) is 2. The molecule has 0 aliphatic heterocycles. The number of nitrogens with zero attached hydrogens (tertiary/aromatic N) is 1. The van der Waals surface area contributed by atoms with Gasteiger partial charge in [0.05, 0.1) is 17.7 Å². The van der Waals surface area contributed by atoms with Crippen molar-refractivity contribution in [1.29, 1.82) is 0 Å². The minimum Gasteiger partial charge on any atom is -0.475 e. The van der Waals surface area contributed by atoms with E-state index in [4.69, 9.17) is 4.74 Å². The average Bonchev–Trinajstić information content (AvgIpc) is 2.55. The van der Waals surface area contributed by atoms with E-state index in [1.165, 1.54) is 12.3 Å². The van der Waals surface area contributed by atoms with Gasteiger partial charge in [-0.1, -0.05) is 0 Å². The molecule has 1 atom stereocenters. The second-order valence-electron chi connectivity index (χ2n) is 6.23. The second-order valence-corrected chi connectivity index (χ2v) is 6.23. The first-order valence-electron chi connectivity index (χ1n) is 8.18. The molecule has 6 heteroatoms. The average molecular weight is 327 g/mol. The number of carbonyl (C=O) groups is 1. The van der Waals surface area contributed by atoms with Gasteiger partial charge in [0.25, 0.3) is 5.91 Å². The number of aryl methyl sites for hydroxylation is 1. The van der Waals surface area contributed by atoms with Crippen LogP contribution in [0.2, 0.25) is 0 Å². The highest BCUT2D eigenvalue weighted by atomic mass is 16.5. The molecule has 1 aliphatic rings. The highest BCUT2D eigenvalue weighted by molar-refractivity contribution is 5.94. The largest absolute Gasteiger partial charge is 0.475 e. The molecule has 2 N–H and O–H groups in total. The second kappa shape index (κ2) is 6.86. The topological polar surface area (TPSA) is 84.1 Å². The van der Waals surface area contributed by atoms with E-state index in [0.717, 1.165) is 30.5 Å². The first-order valence-corrected chi connectivity index (χ1v) is 8.18. The summed E-state index contributed by atoms with van der Waals surface area (Å²) in [6.45, 7) is 3.85. The van der Waals surface area contributed by atoms with Crippen molar-refractivity contribution in [1.82, 2.24) is 15.3 Å². The third-order valence-electron chi connectivity index (χ3n) is 3.99. The van der Waals surface area contributed by atoms with Gasteiger partial charge in [-0.05, 0) is 50.8 Å². The standard InChI is InChI=1S/C18H21N3O3/c1-11(2)24-17-9-6-12(10-19-17)18(23)21-15-5-3-4-14-13(15)7-8-16(22)20-14/h6-11,15H,3-5H2,1-2H3,(H,20,22)(H,21,23)/t15-/m1/s1. The van der Waals surface area contributed by atoms with Crippen LogP contribution in [0.25, 0.3) is 0 Å². The van der Waals surface area contributed by atoms with E-state index in [0.29, 0.717) is 11.4 Å². The molecule has 2 aromatic rings. The Labute approximate surface area is 140 Å². The maximum atomic E-state index is 12.5. The van der Waals surface area contributed by atoms with Crippen LogP contribution in [0, 0.1) is 0 Å². The summed E-state index contributed by atoms with van der Waals surface area (Å²) >= 11 is 0. The predicted octanol–water partition coefficient (Wildman–Crippen LogP) is 2.36. The van der Waals surface area contributed by atoms with Crippen molar-refractivity contribution in [3.8, 4) is 5.88 Å². The minimum absolute atomic E-state index is 0.0399. The van der Waals surface area contributed by atoms with Crippen molar-refractivity contribution >= 4 is 5.91 Å². The monoisotopic (exact) mass is 327 g/mol. The number of aromatic nitrogens is 2. The Bertz CT molecular complexity index is 781. The van der Waals surface area contributed by atoms with Gasteiger partial charge in [-0.3, -0.25) is 9.59 Å². The SMILES string of the molecule is CC(C)Oc1ccc(C(=O)N[C@@H]2CCCc3[nH]c(=O)ccc32)cn1. The first-order chi connectivity index (χ1) is 11.5. The zero-order chi connectivity index (χ0) is 17.1. The normalized spacial score (nSPS) is 16.5.